The summed E-state index contributed by atoms with van der Waals surface area (Å²) >= 11 is 0. The fourth-order valence-electron chi connectivity index (χ4n) is 1.71. The van der Waals surface area contributed by atoms with Gasteiger partial charge in [0.15, 0.2) is 20.6 Å². The number of aromatic nitrogens is 2. The van der Waals surface area contributed by atoms with Gasteiger partial charge in [0.05, 0.1) is 17.8 Å². The molecule has 9 heteroatoms. The molecule has 0 saturated heterocycles. The van der Waals surface area contributed by atoms with E-state index in [1.165, 1.54) is 12.1 Å². The molecule has 1 aromatic heterocycles. The van der Waals surface area contributed by atoms with Crippen molar-refractivity contribution in [1.82, 2.24) is 9.97 Å². The van der Waals surface area contributed by atoms with Crippen LogP contribution >= 0.6 is 0 Å². The summed E-state index contributed by atoms with van der Waals surface area (Å²) in [5.41, 5.74) is 0.0714. The minimum absolute atomic E-state index is 0.00801. The zero-order valence-electron chi connectivity index (χ0n) is 11.3. The molecule has 0 unspecified atom stereocenters. The second-order valence-electron chi connectivity index (χ2n) is 4.26. The maximum Gasteiger partial charge on any atom is 0.193 e. The first kappa shape index (κ1) is 15.5. The normalized spacial score (nSPS) is 10.8. The van der Waals surface area contributed by atoms with Gasteiger partial charge in [0.25, 0.3) is 0 Å². The van der Waals surface area contributed by atoms with E-state index in [1.54, 1.807) is 0 Å². The summed E-state index contributed by atoms with van der Waals surface area (Å²) in [7, 11) is -3.66. The molecule has 0 saturated carbocycles. The second kappa shape index (κ2) is 5.87. The molecule has 0 aliphatic rings. The molecule has 0 atom stereocenters. The number of rotatable bonds is 4. The highest BCUT2D eigenvalue weighted by molar-refractivity contribution is 7.90. The minimum atomic E-state index is -3.66. The number of sulfone groups is 1. The summed E-state index contributed by atoms with van der Waals surface area (Å²) in [5.74, 6) is -0.705. The molecule has 0 aliphatic carbocycles. The van der Waals surface area contributed by atoms with Crippen LogP contribution in [0.5, 0.6) is 0 Å². The molecule has 112 valence electrons. The number of benzene rings is 1. The molecule has 1 aromatic carbocycles. The van der Waals surface area contributed by atoms with Crippen molar-refractivity contribution < 1.29 is 12.8 Å². The summed E-state index contributed by atoms with van der Waals surface area (Å²) in [4.78, 5) is 10.6. The van der Waals surface area contributed by atoms with Gasteiger partial charge in [-0.3, -0.25) is 0 Å². The van der Waals surface area contributed by atoms with E-state index in [0.29, 0.717) is 0 Å². The Labute approximate surface area is 126 Å². The molecule has 0 amide bonds. The van der Waals surface area contributed by atoms with Gasteiger partial charge in [-0.1, -0.05) is 6.07 Å². The van der Waals surface area contributed by atoms with E-state index in [0.717, 1.165) is 24.9 Å². The van der Waals surface area contributed by atoms with Gasteiger partial charge < -0.3 is 10.7 Å². The Hall–Kier alpha value is -2.86. The third-order valence-corrected chi connectivity index (χ3v) is 3.71. The van der Waals surface area contributed by atoms with Crippen LogP contribution in [0.2, 0.25) is 0 Å². The standard InChI is InChI=1S/C13H10FN5O2S/c1-16-8-3-4-11(10(14)5-8)19-12-9(6-15)13(18-7-17-12)22(2,20)21/h3-7,15H,2H3,(H,17,18,19). The lowest BCUT2D eigenvalue weighted by atomic mass is 10.2. The molecule has 2 N–H and O–H groups in total. The maximum absolute atomic E-state index is 13.9. The number of hydrogen-bond donors (Lipinski definition) is 2. The van der Waals surface area contributed by atoms with E-state index >= 15 is 0 Å². The smallest absolute Gasteiger partial charge is 0.193 e. The first-order valence-corrected chi connectivity index (χ1v) is 7.75. The molecule has 0 fully saturated rings. The molecule has 22 heavy (non-hydrogen) atoms. The quantitative estimate of drug-likeness (QED) is 0.512. The van der Waals surface area contributed by atoms with Gasteiger partial charge in [0, 0.05) is 12.5 Å². The van der Waals surface area contributed by atoms with Crippen molar-refractivity contribution in [3.8, 4) is 0 Å². The highest BCUT2D eigenvalue weighted by Crippen LogP contribution is 2.26. The minimum Gasteiger partial charge on any atom is -0.337 e. The topological polar surface area (TPSA) is 100 Å². The Morgan fingerprint density at radius 2 is 2.14 bits per heavy atom. The molecular formula is C13H10FN5O2S. The molecule has 2 rings (SSSR count). The summed E-state index contributed by atoms with van der Waals surface area (Å²) in [6.45, 7) is 6.81. The van der Waals surface area contributed by atoms with Crippen LogP contribution in [0.15, 0.2) is 29.6 Å². The Balaban J connectivity index is 2.51. The molecule has 0 bridgehead atoms. The summed E-state index contributed by atoms with van der Waals surface area (Å²) < 4.78 is 37.1. The maximum atomic E-state index is 13.9. The van der Waals surface area contributed by atoms with Gasteiger partial charge in [0.1, 0.15) is 18.0 Å². The van der Waals surface area contributed by atoms with Crippen LogP contribution in [0.4, 0.5) is 21.6 Å². The van der Waals surface area contributed by atoms with Gasteiger partial charge in [0.2, 0.25) is 0 Å². The molecular weight excluding hydrogens is 309 g/mol. The number of halogens is 1. The highest BCUT2D eigenvalue weighted by atomic mass is 32.2. The molecule has 1 heterocycles. The second-order valence-corrected chi connectivity index (χ2v) is 6.19. The number of anilines is 2. The Kier molecular flexibility index (Phi) is 4.14. The number of hydrogen-bond acceptors (Lipinski definition) is 6. The van der Waals surface area contributed by atoms with Crippen molar-refractivity contribution in [1.29, 1.82) is 5.41 Å². The summed E-state index contributed by atoms with van der Waals surface area (Å²) in [6, 6.07) is 3.78. The van der Waals surface area contributed by atoms with E-state index in [1.807, 2.05) is 0 Å². The molecule has 2 aromatic rings. The van der Waals surface area contributed by atoms with Crippen LogP contribution in [0.3, 0.4) is 0 Å². The van der Waals surface area contributed by atoms with Gasteiger partial charge in [-0.25, -0.2) is 27.6 Å². The van der Waals surface area contributed by atoms with Crippen LogP contribution in [0.25, 0.3) is 4.85 Å². The summed E-state index contributed by atoms with van der Waals surface area (Å²) in [5, 5.41) is 9.64. The van der Waals surface area contributed by atoms with Crippen molar-refractivity contribution in [3.63, 3.8) is 0 Å². The molecule has 0 aliphatic heterocycles. The van der Waals surface area contributed by atoms with E-state index in [4.69, 9.17) is 12.0 Å². The average Bonchev–Trinajstić information content (AvgIpc) is 2.48. The molecule has 0 radical (unpaired) electrons. The van der Waals surface area contributed by atoms with E-state index in [-0.39, 0.29) is 27.8 Å². The number of nitrogens with zero attached hydrogens (tertiary/aromatic N) is 3. The van der Waals surface area contributed by atoms with Crippen molar-refractivity contribution >= 4 is 33.2 Å². The lowest BCUT2D eigenvalue weighted by molar-refractivity contribution is 0.597. The van der Waals surface area contributed by atoms with Gasteiger partial charge >= 0.3 is 0 Å². The fourth-order valence-corrected chi connectivity index (χ4v) is 2.50. The van der Waals surface area contributed by atoms with E-state index in [2.05, 4.69) is 20.1 Å². The third kappa shape index (κ3) is 3.07. The third-order valence-electron chi connectivity index (χ3n) is 2.68. The Morgan fingerprint density at radius 1 is 1.41 bits per heavy atom. The molecule has 0 spiro atoms. The van der Waals surface area contributed by atoms with E-state index in [9.17, 15) is 12.8 Å². The van der Waals surface area contributed by atoms with Crippen LogP contribution in [-0.2, 0) is 9.84 Å². The molecule has 7 nitrogen and oxygen atoms in total. The van der Waals surface area contributed by atoms with Gasteiger partial charge in [-0.05, 0) is 12.1 Å². The van der Waals surface area contributed by atoms with Gasteiger partial charge in [-0.2, -0.15) is 0 Å². The summed E-state index contributed by atoms with van der Waals surface area (Å²) in [6.07, 6.45) is 2.75. The largest absolute Gasteiger partial charge is 0.337 e. The van der Waals surface area contributed by atoms with Crippen LogP contribution < -0.4 is 5.32 Å². The Morgan fingerprint density at radius 3 is 2.68 bits per heavy atom. The monoisotopic (exact) mass is 319 g/mol. The van der Waals surface area contributed by atoms with Crippen molar-refractivity contribution in [3.05, 3.63) is 47.3 Å². The predicted octanol–water partition coefficient (Wildman–Crippen LogP) is 2.31. The first-order valence-electron chi connectivity index (χ1n) is 5.86. The van der Waals surface area contributed by atoms with E-state index < -0.39 is 15.7 Å². The van der Waals surface area contributed by atoms with Crippen molar-refractivity contribution in [2.75, 3.05) is 11.6 Å². The average molecular weight is 319 g/mol. The highest BCUT2D eigenvalue weighted by Gasteiger charge is 2.18. The predicted molar refractivity (Wildman–Crippen MR) is 79.0 cm³/mol. The first-order chi connectivity index (χ1) is 10.4. The lowest BCUT2D eigenvalue weighted by Gasteiger charge is -2.11. The zero-order valence-corrected chi connectivity index (χ0v) is 12.1. The number of nitrogens with one attached hydrogen (secondary N) is 2. The van der Waals surface area contributed by atoms with Crippen molar-refractivity contribution in [2.24, 2.45) is 0 Å². The van der Waals surface area contributed by atoms with Crippen LogP contribution in [-0.4, -0.2) is 30.9 Å². The van der Waals surface area contributed by atoms with Crippen molar-refractivity contribution in [2.45, 2.75) is 5.03 Å². The zero-order chi connectivity index (χ0) is 16.3. The SMILES string of the molecule is [C-]#[N+]c1ccc(Nc2ncnc(S(C)(=O)=O)c2C=N)c(F)c1. The van der Waals surface area contributed by atoms with Gasteiger partial charge in [-0.15, -0.1) is 0 Å². The lowest BCUT2D eigenvalue weighted by Crippen LogP contribution is -2.09. The van der Waals surface area contributed by atoms with Crippen LogP contribution in [0.1, 0.15) is 5.56 Å². The van der Waals surface area contributed by atoms with Crippen LogP contribution in [0, 0.1) is 17.8 Å². The Bertz CT molecular complexity index is 890. The fraction of sp³-hybridized carbons (Fsp3) is 0.0769.